The van der Waals surface area contributed by atoms with E-state index in [1.807, 2.05) is 0 Å². The average molecular weight is 338 g/mol. The first-order chi connectivity index (χ1) is 12.0. The number of rotatable bonds is 2. The molecule has 5 nitrogen and oxygen atoms in total. The van der Waals surface area contributed by atoms with E-state index in [-0.39, 0.29) is 17.1 Å². The van der Waals surface area contributed by atoms with Gasteiger partial charge in [0.25, 0.3) is 0 Å². The summed E-state index contributed by atoms with van der Waals surface area (Å²) in [5, 5.41) is 20.3. The molecule has 3 aliphatic rings. The maximum absolute atomic E-state index is 11.8. The van der Waals surface area contributed by atoms with Gasteiger partial charge in [-0.25, -0.2) is 0 Å². The van der Waals surface area contributed by atoms with Crippen molar-refractivity contribution in [2.24, 2.45) is 5.92 Å². The second-order valence-electron chi connectivity index (χ2n) is 6.69. The Balaban J connectivity index is 2.05. The van der Waals surface area contributed by atoms with Crippen molar-refractivity contribution in [1.29, 1.82) is 0 Å². The number of phenolic OH excluding ortho intramolecular Hbond substituents is 1. The fourth-order valence-corrected chi connectivity index (χ4v) is 4.06. The lowest BCUT2D eigenvalue weighted by atomic mass is 9.73. The van der Waals surface area contributed by atoms with Crippen molar-refractivity contribution in [1.82, 2.24) is 0 Å². The van der Waals surface area contributed by atoms with Crippen LogP contribution in [-0.2, 0) is 4.79 Å². The number of carboxylic acid groups (broad SMARTS) is 1. The molecule has 0 amide bonds. The van der Waals surface area contributed by atoms with Crippen LogP contribution >= 0.6 is 0 Å². The van der Waals surface area contributed by atoms with Crippen LogP contribution in [0.3, 0.4) is 0 Å². The Bertz CT molecular complexity index is 987. The highest BCUT2D eigenvalue weighted by Gasteiger charge is 2.35. The highest BCUT2D eigenvalue weighted by molar-refractivity contribution is 5.90. The Hall–Kier alpha value is -2.82. The topological polar surface area (TPSA) is 87.7 Å². The molecule has 0 bridgehead atoms. The molecule has 2 atom stereocenters. The molecule has 0 spiro atoms. The predicted molar refractivity (Wildman–Crippen MR) is 93.1 cm³/mol. The van der Waals surface area contributed by atoms with E-state index < -0.39 is 11.9 Å². The number of aromatic hydroxyl groups is 1. The molecule has 2 N–H and O–H groups in total. The third-order valence-electron chi connectivity index (χ3n) is 5.17. The summed E-state index contributed by atoms with van der Waals surface area (Å²) >= 11 is 0. The normalized spacial score (nSPS) is 20.8. The smallest absolute Gasteiger partial charge is 0.307 e. The molecule has 5 heteroatoms. The lowest BCUT2D eigenvalue weighted by Crippen LogP contribution is -2.26. The minimum atomic E-state index is -0.786. The van der Waals surface area contributed by atoms with Gasteiger partial charge in [0.15, 0.2) is 5.43 Å². The molecule has 1 saturated carbocycles. The van der Waals surface area contributed by atoms with Crippen LogP contribution in [0.25, 0.3) is 22.3 Å². The zero-order valence-corrected chi connectivity index (χ0v) is 13.6. The standard InChI is InChI=1S/C20H18O5/c21-11-5-7-15-17(9-11)25-18-10-12(22)6-8-16(18)19(15)13-3-1-2-4-14(13)20(23)24/h5-10,13-14,21H,1-4H2,(H,23,24)/t13-,14+/m1/s1. The van der Waals surface area contributed by atoms with Crippen LogP contribution in [0.5, 0.6) is 5.75 Å². The predicted octanol–water partition coefficient (Wildman–Crippen LogP) is 3.96. The van der Waals surface area contributed by atoms with Crippen molar-refractivity contribution in [3.8, 4) is 17.1 Å². The summed E-state index contributed by atoms with van der Waals surface area (Å²) < 4.78 is 5.83. The molecule has 0 unspecified atom stereocenters. The van der Waals surface area contributed by atoms with Gasteiger partial charge in [-0.05, 0) is 48.6 Å². The van der Waals surface area contributed by atoms with Gasteiger partial charge in [0.05, 0.1) is 5.92 Å². The van der Waals surface area contributed by atoms with E-state index in [1.54, 1.807) is 18.2 Å². The third kappa shape index (κ3) is 2.65. The molecular formula is C20H18O5. The summed E-state index contributed by atoms with van der Waals surface area (Å²) in [6, 6.07) is 9.47. The summed E-state index contributed by atoms with van der Waals surface area (Å²) in [5.74, 6) is -0.891. The van der Waals surface area contributed by atoms with Crippen molar-refractivity contribution in [3.63, 3.8) is 0 Å². The van der Waals surface area contributed by atoms with E-state index >= 15 is 0 Å². The maximum atomic E-state index is 11.8. The van der Waals surface area contributed by atoms with E-state index in [1.165, 1.54) is 18.2 Å². The molecule has 1 aliphatic heterocycles. The molecule has 0 aromatic heterocycles. The van der Waals surface area contributed by atoms with Gasteiger partial charge < -0.3 is 14.6 Å². The van der Waals surface area contributed by atoms with Crippen LogP contribution in [0.2, 0.25) is 0 Å². The summed E-state index contributed by atoms with van der Waals surface area (Å²) in [6.07, 6.45) is 3.31. The van der Waals surface area contributed by atoms with Crippen LogP contribution in [0.15, 0.2) is 45.6 Å². The van der Waals surface area contributed by atoms with Crippen LogP contribution < -0.4 is 5.43 Å². The number of hydrogen-bond donors (Lipinski definition) is 2. The number of carboxylic acids is 1. The molecule has 128 valence electrons. The molecule has 1 aromatic rings. The van der Waals surface area contributed by atoms with E-state index in [4.69, 9.17) is 4.42 Å². The lowest BCUT2D eigenvalue weighted by Gasteiger charge is -2.31. The molecule has 0 radical (unpaired) electrons. The zero-order valence-electron chi connectivity index (χ0n) is 13.6. The first-order valence-electron chi connectivity index (χ1n) is 8.47. The minimum Gasteiger partial charge on any atom is -0.508 e. The summed E-state index contributed by atoms with van der Waals surface area (Å²) in [4.78, 5) is 23.5. The van der Waals surface area contributed by atoms with Crippen molar-refractivity contribution in [2.75, 3.05) is 0 Å². The number of benzene rings is 2. The number of carbonyl (C=O) groups is 1. The molecular weight excluding hydrogens is 320 g/mol. The van der Waals surface area contributed by atoms with Gasteiger partial charge >= 0.3 is 5.97 Å². The highest BCUT2D eigenvalue weighted by atomic mass is 16.4. The third-order valence-corrected chi connectivity index (χ3v) is 5.17. The molecule has 1 aromatic carbocycles. The molecule has 0 saturated heterocycles. The quantitative estimate of drug-likeness (QED) is 0.691. The average Bonchev–Trinajstić information content (AvgIpc) is 2.59. The van der Waals surface area contributed by atoms with Crippen molar-refractivity contribution in [3.05, 3.63) is 52.2 Å². The van der Waals surface area contributed by atoms with Gasteiger partial charge in [0, 0.05) is 23.1 Å². The Morgan fingerprint density at radius 3 is 2.68 bits per heavy atom. The Labute approximate surface area is 143 Å². The largest absolute Gasteiger partial charge is 0.508 e. The van der Waals surface area contributed by atoms with Gasteiger partial charge in [-0.3, -0.25) is 9.59 Å². The number of phenols is 1. The molecule has 1 heterocycles. The molecule has 25 heavy (non-hydrogen) atoms. The van der Waals surface area contributed by atoms with Gasteiger partial charge in [-0.15, -0.1) is 0 Å². The summed E-state index contributed by atoms with van der Waals surface area (Å²) in [5.41, 5.74) is 1.97. The molecule has 4 rings (SSSR count). The van der Waals surface area contributed by atoms with Gasteiger partial charge in [0.1, 0.15) is 17.1 Å². The Morgan fingerprint density at radius 1 is 1.08 bits per heavy atom. The van der Waals surface area contributed by atoms with Gasteiger partial charge in [-0.2, -0.15) is 0 Å². The fraction of sp³-hybridized carbons (Fsp3) is 0.300. The number of hydrogen-bond acceptors (Lipinski definition) is 4. The van der Waals surface area contributed by atoms with Gasteiger partial charge in [0.2, 0.25) is 0 Å². The van der Waals surface area contributed by atoms with E-state index in [9.17, 15) is 19.8 Å². The number of aliphatic carboxylic acids is 1. The lowest BCUT2D eigenvalue weighted by molar-refractivity contribution is -0.143. The van der Waals surface area contributed by atoms with Crippen LogP contribution in [0.1, 0.15) is 37.2 Å². The fourth-order valence-electron chi connectivity index (χ4n) is 4.06. The minimum absolute atomic E-state index is 0.0678. The van der Waals surface area contributed by atoms with Crippen LogP contribution in [0, 0.1) is 5.92 Å². The monoisotopic (exact) mass is 338 g/mol. The highest BCUT2D eigenvalue weighted by Crippen LogP contribution is 2.46. The van der Waals surface area contributed by atoms with E-state index in [2.05, 4.69) is 0 Å². The first kappa shape index (κ1) is 15.7. The Morgan fingerprint density at radius 2 is 1.88 bits per heavy atom. The van der Waals surface area contributed by atoms with Gasteiger partial charge in [-0.1, -0.05) is 12.8 Å². The molecule has 2 aliphatic carbocycles. The molecule has 1 fully saturated rings. The van der Waals surface area contributed by atoms with Crippen LogP contribution in [-0.4, -0.2) is 16.2 Å². The second kappa shape index (κ2) is 5.92. The second-order valence-corrected chi connectivity index (χ2v) is 6.69. The first-order valence-corrected chi connectivity index (χ1v) is 8.47. The van der Waals surface area contributed by atoms with Crippen molar-refractivity contribution >= 4 is 16.9 Å². The summed E-state index contributed by atoms with van der Waals surface area (Å²) in [7, 11) is 0. The van der Waals surface area contributed by atoms with Crippen LogP contribution in [0.4, 0.5) is 0 Å². The summed E-state index contributed by atoms with van der Waals surface area (Å²) in [6.45, 7) is 0. The zero-order chi connectivity index (χ0) is 17.6. The van der Waals surface area contributed by atoms with Crippen molar-refractivity contribution < 1.29 is 19.4 Å². The van der Waals surface area contributed by atoms with E-state index in [0.29, 0.717) is 17.8 Å². The van der Waals surface area contributed by atoms with E-state index in [0.717, 1.165) is 35.8 Å². The van der Waals surface area contributed by atoms with Crippen molar-refractivity contribution in [2.45, 2.75) is 31.6 Å². The maximum Gasteiger partial charge on any atom is 0.307 e. The number of fused-ring (bicyclic) bond motifs is 2. The SMILES string of the molecule is O=C(O)[C@H]1CCCC[C@H]1c1c2ccc(=O)cc-2oc2cc(O)ccc12. The Kier molecular flexibility index (Phi) is 3.71.